The van der Waals surface area contributed by atoms with E-state index in [0.29, 0.717) is 11.5 Å². The molecule has 0 aliphatic carbocycles. The van der Waals surface area contributed by atoms with E-state index in [-0.39, 0.29) is 16.3 Å². The Bertz CT molecular complexity index is 805. The van der Waals surface area contributed by atoms with Gasteiger partial charge in [-0.2, -0.15) is 0 Å². The second-order valence-corrected chi connectivity index (χ2v) is 5.67. The van der Waals surface area contributed by atoms with Crippen LogP contribution in [0.15, 0.2) is 36.4 Å². The van der Waals surface area contributed by atoms with Gasteiger partial charge in [0.2, 0.25) is 0 Å². The van der Waals surface area contributed by atoms with Crippen molar-refractivity contribution in [3.8, 4) is 11.5 Å². The third-order valence-electron chi connectivity index (χ3n) is 3.43. The van der Waals surface area contributed by atoms with Crippen LogP contribution in [0.4, 0.5) is 10.1 Å². The lowest BCUT2D eigenvalue weighted by atomic mass is 10.2. The van der Waals surface area contributed by atoms with Gasteiger partial charge in [-0.05, 0) is 37.3 Å². The van der Waals surface area contributed by atoms with Gasteiger partial charge in [-0.3, -0.25) is 4.79 Å². The number of anilines is 1. The van der Waals surface area contributed by atoms with Crippen LogP contribution in [0.3, 0.4) is 0 Å². The number of nitrogens with one attached hydrogen (secondary N) is 1. The van der Waals surface area contributed by atoms with Crippen molar-refractivity contribution in [1.29, 1.82) is 0 Å². The van der Waals surface area contributed by atoms with Gasteiger partial charge in [-0.25, -0.2) is 9.18 Å². The number of carbonyl (C=O) groups excluding carboxylic acids is 2. The van der Waals surface area contributed by atoms with Crippen molar-refractivity contribution in [1.82, 2.24) is 0 Å². The number of hydrogen-bond acceptors (Lipinski definition) is 5. The Kier molecular flexibility index (Phi) is 6.41. The highest BCUT2D eigenvalue weighted by Crippen LogP contribution is 2.24. The number of ether oxygens (including phenoxy) is 3. The van der Waals surface area contributed by atoms with Gasteiger partial charge in [0, 0.05) is 6.07 Å². The summed E-state index contributed by atoms with van der Waals surface area (Å²) in [6.07, 6.45) is -1.11. The molecule has 2 aromatic carbocycles. The average Bonchev–Trinajstić information content (AvgIpc) is 2.63. The maximum atomic E-state index is 13.0. The van der Waals surface area contributed by atoms with Crippen LogP contribution in [-0.4, -0.2) is 32.2 Å². The molecule has 138 valence electrons. The van der Waals surface area contributed by atoms with Gasteiger partial charge in [0.25, 0.3) is 5.91 Å². The molecule has 6 nitrogen and oxygen atoms in total. The van der Waals surface area contributed by atoms with Gasteiger partial charge >= 0.3 is 5.97 Å². The fraction of sp³-hybridized carbons (Fsp3) is 0.222. The number of hydrogen-bond donors (Lipinski definition) is 1. The zero-order chi connectivity index (χ0) is 19.3. The van der Waals surface area contributed by atoms with E-state index in [1.165, 1.54) is 39.3 Å². The number of carbonyl (C=O) groups is 2. The molecule has 0 aliphatic rings. The largest absolute Gasteiger partial charge is 0.497 e. The summed E-state index contributed by atoms with van der Waals surface area (Å²) in [6.45, 7) is 1.40. The second-order valence-electron chi connectivity index (χ2n) is 5.26. The first-order chi connectivity index (χ1) is 12.3. The standard InChI is InChI=1S/C18H17ClFNO5/c1-10(17(22)21-16-5-4-12(20)8-15(16)19)26-18(23)11-6-13(24-2)9-14(7-11)25-3/h4-10H,1-3H3,(H,21,22)/t10-/m0/s1. The van der Waals surface area contributed by atoms with Crippen LogP contribution in [0, 0.1) is 5.82 Å². The fourth-order valence-corrected chi connectivity index (χ4v) is 2.25. The van der Waals surface area contributed by atoms with Crippen LogP contribution in [-0.2, 0) is 9.53 Å². The van der Waals surface area contributed by atoms with Crippen molar-refractivity contribution in [2.24, 2.45) is 0 Å². The third-order valence-corrected chi connectivity index (χ3v) is 3.74. The van der Waals surface area contributed by atoms with E-state index in [4.69, 9.17) is 25.8 Å². The van der Waals surface area contributed by atoms with Gasteiger partial charge in [0.15, 0.2) is 6.10 Å². The number of benzene rings is 2. The topological polar surface area (TPSA) is 73.9 Å². The number of esters is 1. The summed E-state index contributed by atoms with van der Waals surface area (Å²) in [7, 11) is 2.90. The third kappa shape index (κ3) is 4.86. The Morgan fingerprint density at radius 1 is 1.08 bits per heavy atom. The molecule has 0 aliphatic heterocycles. The van der Waals surface area contributed by atoms with E-state index < -0.39 is 23.8 Å². The second kappa shape index (κ2) is 8.53. The van der Waals surface area contributed by atoms with E-state index in [0.717, 1.165) is 12.1 Å². The van der Waals surface area contributed by atoms with Crippen LogP contribution in [0.5, 0.6) is 11.5 Å². The summed E-state index contributed by atoms with van der Waals surface area (Å²) in [4.78, 5) is 24.4. The van der Waals surface area contributed by atoms with Crippen molar-refractivity contribution in [3.05, 3.63) is 52.8 Å². The normalized spacial score (nSPS) is 11.4. The summed E-state index contributed by atoms with van der Waals surface area (Å²) in [5.41, 5.74) is 0.379. The van der Waals surface area contributed by atoms with E-state index in [2.05, 4.69) is 5.32 Å². The zero-order valence-electron chi connectivity index (χ0n) is 14.3. The lowest BCUT2D eigenvalue weighted by Crippen LogP contribution is -2.30. The summed E-state index contributed by atoms with van der Waals surface area (Å²) in [5, 5.41) is 2.51. The number of halogens is 2. The molecule has 2 aromatic rings. The molecule has 0 fully saturated rings. The highest BCUT2D eigenvalue weighted by molar-refractivity contribution is 6.33. The Balaban J connectivity index is 2.07. The van der Waals surface area contributed by atoms with E-state index in [9.17, 15) is 14.0 Å². The highest BCUT2D eigenvalue weighted by atomic mass is 35.5. The Hall–Kier alpha value is -2.80. The first kappa shape index (κ1) is 19.5. The van der Waals surface area contributed by atoms with Crippen molar-refractivity contribution < 1.29 is 28.2 Å². The Labute approximate surface area is 154 Å². The molecule has 0 radical (unpaired) electrons. The van der Waals surface area contributed by atoms with Gasteiger partial charge in [-0.1, -0.05) is 11.6 Å². The van der Waals surface area contributed by atoms with Crippen molar-refractivity contribution in [2.45, 2.75) is 13.0 Å². The monoisotopic (exact) mass is 381 g/mol. The molecule has 0 unspecified atom stereocenters. The van der Waals surface area contributed by atoms with Gasteiger partial charge in [0.1, 0.15) is 17.3 Å². The van der Waals surface area contributed by atoms with Crippen LogP contribution < -0.4 is 14.8 Å². The van der Waals surface area contributed by atoms with Crippen LogP contribution >= 0.6 is 11.6 Å². The van der Waals surface area contributed by atoms with Crippen molar-refractivity contribution >= 4 is 29.2 Å². The maximum Gasteiger partial charge on any atom is 0.339 e. The average molecular weight is 382 g/mol. The van der Waals surface area contributed by atoms with Gasteiger partial charge in [-0.15, -0.1) is 0 Å². The zero-order valence-corrected chi connectivity index (χ0v) is 15.1. The summed E-state index contributed by atoms with van der Waals surface area (Å²) in [6, 6.07) is 8.07. The number of methoxy groups -OCH3 is 2. The molecular formula is C18H17ClFNO5. The molecule has 1 atom stereocenters. The molecule has 0 saturated carbocycles. The minimum Gasteiger partial charge on any atom is -0.497 e. The molecular weight excluding hydrogens is 365 g/mol. The Morgan fingerprint density at radius 2 is 1.69 bits per heavy atom. The number of amides is 1. The summed E-state index contributed by atoms with van der Waals surface area (Å²) < 4.78 is 28.4. The van der Waals surface area contributed by atoms with Crippen molar-refractivity contribution in [2.75, 3.05) is 19.5 Å². The molecule has 8 heteroatoms. The highest BCUT2D eigenvalue weighted by Gasteiger charge is 2.21. The minimum absolute atomic E-state index is 0.0365. The molecule has 0 bridgehead atoms. The minimum atomic E-state index is -1.11. The molecule has 2 rings (SSSR count). The maximum absolute atomic E-state index is 13.0. The van der Waals surface area contributed by atoms with Crippen molar-refractivity contribution in [3.63, 3.8) is 0 Å². The lowest BCUT2D eigenvalue weighted by Gasteiger charge is -2.15. The van der Waals surface area contributed by atoms with Crippen LogP contribution in [0.25, 0.3) is 0 Å². The molecule has 26 heavy (non-hydrogen) atoms. The predicted molar refractivity (Wildman–Crippen MR) is 94.5 cm³/mol. The SMILES string of the molecule is COc1cc(OC)cc(C(=O)O[C@@H](C)C(=O)Nc2ccc(F)cc2Cl)c1. The quantitative estimate of drug-likeness (QED) is 0.773. The molecule has 0 aromatic heterocycles. The first-order valence-corrected chi connectivity index (χ1v) is 7.91. The van der Waals surface area contributed by atoms with E-state index in [1.807, 2.05) is 0 Å². The fourth-order valence-electron chi connectivity index (χ4n) is 2.03. The van der Waals surface area contributed by atoms with Gasteiger partial charge < -0.3 is 19.5 Å². The molecule has 0 heterocycles. The predicted octanol–water partition coefficient (Wildman–Crippen LogP) is 3.68. The summed E-state index contributed by atoms with van der Waals surface area (Å²) in [5.74, 6) is -1.05. The molecule has 0 saturated heterocycles. The number of rotatable bonds is 6. The van der Waals surface area contributed by atoms with E-state index >= 15 is 0 Å². The Morgan fingerprint density at radius 3 is 2.23 bits per heavy atom. The lowest BCUT2D eigenvalue weighted by molar-refractivity contribution is -0.123. The molecule has 1 amide bonds. The van der Waals surface area contributed by atoms with Crippen LogP contribution in [0.2, 0.25) is 5.02 Å². The molecule has 1 N–H and O–H groups in total. The smallest absolute Gasteiger partial charge is 0.339 e. The summed E-state index contributed by atoms with van der Waals surface area (Å²) >= 11 is 5.86. The first-order valence-electron chi connectivity index (χ1n) is 7.54. The van der Waals surface area contributed by atoms with E-state index in [1.54, 1.807) is 6.07 Å². The van der Waals surface area contributed by atoms with Crippen LogP contribution in [0.1, 0.15) is 17.3 Å². The molecule has 0 spiro atoms. The van der Waals surface area contributed by atoms with Gasteiger partial charge in [0.05, 0.1) is 30.5 Å².